The van der Waals surface area contributed by atoms with Crippen LogP contribution in [0.4, 0.5) is 5.82 Å². The SMILES string of the molecule is CC1CCC(C)N(c2nnccc2/C(N)=N/O)C1. The van der Waals surface area contributed by atoms with Gasteiger partial charge in [0.05, 0.1) is 11.8 Å². The van der Waals surface area contributed by atoms with Gasteiger partial charge >= 0.3 is 0 Å². The molecule has 1 aromatic heterocycles. The van der Waals surface area contributed by atoms with E-state index >= 15 is 0 Å². The standard InChI is InChI=1S/C12H19N5O/c1-8-3-4-9(2)17(7-8)12-10(11(13)16-18)5-6-14-15-12/h5-6,8-9,18H,3-4,7H2,1-2H3,(H2,13,16). The van der Waals surface area contributed by atoms with Gasteiger partial charge in [-0.2, -0.15) is 5.10 Å². The van der Waals surface area contributed by atoms with Crippen LogP contribution < -0.4 is 10.6 Å². The first-order chi connectivity index (χ1) is 8.63. The van der Waals surface area contributed by atoms with Gasteiger partial charge in [0.1, 0.15) is 0 Å². The summed E-state index contributed by atoms with van der Waals surface area (Å²) in [5.74, 6) is 1.39. The highest BCUT2D eigenvalue weighted by molar-refractivity contribution is 6.01. The van der Waals surface area contributed by atoms with E-state index in [0.29, 0.717) is 23.3 Å². The van der Waals surface area contributed by atoms with Gasteiger partial charge in [0.2, 0.25) is 0 Å². The van der Waals surface area contributed by atoms with Gasteiger partial charge in [0.25, 0.3) is 0 Å². The zero-order valence-corrected chi connectivity index (χ0v) is 10.7. The Bertz CT molecular complexity index is 448. The van der Waals surface area contributed by atoms with Crippen LogP contribution in [0.5, 0.6) is 0 Å². The Labute approximate surface area is 106 Å². The van der Waals surface area contributed by atoms with Crippen LogP contribution in [0.25, 0.3) is 0 Å². The van der Waals surface area contributed by atoms with Crippen molar-refractivity contribution in [1.29, 1.82) is 0 Å². The third-order valence-corrected chi connectivity index (χ3v) is 3.47. The average molecular weight is 249 g/mol. The Morgan fingerprint density at radius 3 is 3.00 bits per heavy atom. The molecule has 0 saturated carbocycles. The van der Waals surface area contributed by atoms with Crippen molar-refractivity contribution >= 4 is 11.7 Å². The Morgan fingerprint density at radius 1 is 1.50 bits per heavy atom. The van der Waals surface area contributed by atoms with Crippen LogP contribution in [0.2, 0.25) is 0 Å². The fraction of sp³-hybridized carbons (Fsp3) is 0.583. The van der Waals surface area contributed by atoms with Crippen LogP contribution in [0.1, 0.15) is 32.3 Å². The summed E-state index contributed by atoms with van der Waals surface area (Å²) in [6.45, 7) is 5.31. The molecule has 6 nitrogen and oxygen atoms in total. The minimum Gasteiger partial charge on any atom is -0.409 e. The van der Waals surface area contributed by atoms with E-state index < -0.39 is 0 Å². The molecule has 98 valence electrons. The second-order valence-corrected chi connectivity index (χ2v) is 4.94. The molecule has 6 heteroatoms. The lowest BCUT2D eigenvalue weighted by molar-refractivity contribution is 0.318. The van der Waals surface area contributed by atoms with Crippen molar-refractivity contribution in [3.63, 3.8) is 0 Å². The highest BCUT2D eigenvalue weighted by atomic mass is 16.4. The number of oxime groups is 1. The minimum absolute atomic E-state index is 0.0744. The number of amidine groups is 1. The molecule has 3 N–H and O–H groups in total. The van der Waals surface area contributed by atoms with Gasteiger partial charge < -0.3 is 15.8 Å². The summed E-state index contributed by atoms with van der Waals surface area (Å²) in [6.07, 6.45) is 3.89. The quantitative estimate of drug-likeness (QED) is 0.356. The topological polar surface area (TPSA) is 87.6 Å². The average Bonchev–Trinajstić information content (AvgIpc) is 2.40. The smallest absolute Gasteiger partial charge is 0.173 e. The second kappa shape index (κ2) is 5.20. The van der Waals surface area contributed by atoms with Crippen molar-refractivity contribution in [2.75, 3.05) is 11.4 Å². The fourth-order valence-corrected chi connectivity index (χ4v) is 2.37. The third-order valence-electron chi connectivity index (χ3n) is 3.47. The summed E-state index contributed by atoms with van der Waals surface area (Å²) in [5.41, 5.74) is 6.32. The molecule has 2 rings (SSSR count). The fourth-order valence-electron chi connectivity index (χ4n) is 2.37. The van der Waals surface area contributed by atoms with E-state index in [1.165, 1.54) is 6.42 Å². The van der Waals surface area contributed by atoms with Crippen LogP contribution >= 0.6 is 0 Å². The van der Waals surface area contributed by atoms with Gasteiger partial charge in [-0.3, -0.25) is 0 Å². The molecule has 2 unspecified atom stereocenters. The van der Waals surface area contributed by atoms with E-state index in [4.69, 9.17) is 10.9 Å². The highest BCUT2D eigenvalue weighted by Crippen LogP contribution is 2.27. The number of anilines is 1. The van der Waals surface area contributed by atoms with E-state index in [9.17, 15) is 0 Å². The third kappa shape index (κ3) is 2.37. The van der Waals surface area contributed by atoms with Gasteiger partial charge in [-0.05, 0) is 31.7 Å². The first-order valence-electron chi connectivity index (χ1n) is 6.19. The maximum atomic E-state index is 8.83. The Kier molecular flexibility index (Phi) is 3.64. The minimum atomic E-state index is 0.0744. The summed E-state index contributed by atoms with van der Waals surface area (Å²) in [4.78, 5) is 2.19. The molecule has 1 aliphatic rings. The number of hydrogen-bond donors (Lipinski definition) is 2. The summed E-state index contributed by atoms with van der Waals surface area (Å²) in [7, 11) is 0. The molecule has 1 aliphatic heterocycles. The lowest BCUT2D eigenvalue weighted by Crippen LogP contribution is -2.42. The van der Waals surface area contributed by atoms with Crippen LogP contribution in [0.3, 0.4) is 0 Å². The normalized spacial score (nSPS) is 25.2. The number of hydrogen-bond acceptors (Lipinski definition) is 5. The molecule has 18 heavy (non-hydrogen) atoms. The molecule has 0 bridgehead atoms. The van der Waals surface area contributed by atoms with E-state index in [0.717, 1.165) is 13.0 Å². The van der Waals surface area contributed by atoms with Crippen LogP contribution in [-0.2, 0) is 0 Å². The molecule has 0 aliphatic carbocycles. The van der Waals surface area contributed by atoms with E-state index in [1.54, 1.807) is 12.3 Å². The molecule has 1 aromatic rings. The van der Waals surface area contributed by atoms with Crippen molar-refractivity contribution in [1.82, 2.24) is 10.2 Å². The van der Waals surface area contributed by atoms with Crippen molar-refractivity contribution in [3.8, 4) is 0 Å². The predicted octanol–water partition coefficient (Wildman–Crippen LogP) is 1.20. The summed E-state index contributed by atoms with van der Waals surface area (Å²) in [6, 6.07) is 2.12. The van der Waals surface area contributed by atoms with Gasteiger partial charge in [-0.15, -0.1) is 5.10 Å². The van der Waals surface area contributed by atoms with E-state index in [2.05, 4.69) is 34.1 Å². The van der Waals surface area contributed by atoms with E-state index in [-0.39, 0.29) is 5.84 Å². The first-order valence-corrected chi connectivity index (χ1v) is 6.19. The Morgan fingerprint density at radius 2 is 2.28 bits per heavy atom. The Hall–Kier alpha value is -1.85. The lowest BCUT2D eigenvalue weighted by atomic mass is 9.94. The zero-order valence-electron chi connectivity index (χ0n) is 10.7. The van der Waals surface area contributed by atoms with Gasteiger partial charge in [0.15, 0.2) is 11.7 Å². The zero-order chi connectivity index (χ0) is 13.1. The van der Waals surface area contributed by atoms with Crippen LogP contribution in [0.15, 0.2) is 17.4 Å². The molecule has 0 radical (unpaired) electrons. The first kappa shape index (κ1) is 12.6. The van der Waals surface area contributed by atoms with Crippen molar-refractivity contribution < 1.29 is 5.21 Å². The van der Waals surface area contributed by atoms with Crippen LogP contribution in [0, 0.1) is 5.92 Å². The molecule has 1 fully saturated rings. The van der Waals surface area contributed by atoms with Crippen molar-refractivity contribution in [3.05, 3.63) is 17.8 Å². The largest absolute Gasteiger partial charge is 0.409 e. The number of nitrogens with zero attached hydrogens (tertiary/aromatic N) is 4. The molecule has 1 saturated heterocycles. The van der Waals surface area contributed by atoms with Crippen LogP contribution in [-0.4, -0.2) is 33.8 Å². The monoisotopic (exact) mass is 249 g/mol. The highest BCUT2D eigenvalue weighted by Gasteiger charge is 2.26. The maximum Gasteiger partial charge on any atom is 0.173 e. The van der Waals surface area contributed by atoms with Gasteiger partial charge in [-0.1, -0.05) is 12.1 Å². The number of aromatic nitrogens is 2. The molecule has 0 aromatic carbocycles. The molecule has 2 atom stereocenters. The maximum absolute atomic E-state index is 8.83. The summed E-state index contributed by atoms with van der Waals surface area (Å²) in [5, 5.41) is 20.0. The number of nitrogens with two attached hydrogens (primary N) is 1. The van der Waals surface area contributed by atoms with Crippen molar-refractivity contribution in [2.45, 2.75) is 32.7 Å². The molecule has 2 heterocycles. The second-order valence-electron chi connectivity index (χ2n) is 4.94. The van der Waals surface area contributed by atoms with Gasteiger partial charge in [0, 0.05) is 12.6 Å². The van der Waals surface area contributed by atoms with Crippen molar-refractivity contribution in [2.24, 2.45) is 16.8 Å². The van der Waals surface area contributed by atoms with Gasteiger partial charge in [-0.25, -0.2) is 0 Å². The lowest BCUT2D eigenvalue weighted by Gasteiger charge is -2.38. The number of rotatable bonds is 2. The van der Waals surface area contributed by atoms with E-state index in [1.807, 2.05) is 0 Å². The predicted molar refractivity (Wildman–Crippen MR) is 69.7 cm³/mol. The molecular weight excluding hydrogens is 230 g/mol. The summed E-state index contributed by atoms with van der Waals surface area (Å²) >= 11 is 0. The summed E-state index contributed by atoms with van der Waals surface area (Å²) < 4.78 is 0. The number of piperidine rings is 1. The molecule has 0 spiro atoms. The molecule has 0 amide bonds. The Balaban J connectivity index is 2.37. The molecular formula is C12H19N5O.